The topological polar surface area (TPSA) is 50.4 Å². The summed E-state index contributed by atoms with van der Waals surface area (Å²) in [6, 6.07) is 0.695. The zero-order valence-corrected chi connectivity index (χ0v) is 13.8. The molecular formula is C16H32N2O2. The number of rotatable bonds is 5. The normalized spacial score (nSPS) is 25.1. The van der Waals surface area contributed by atoms with E-state index in [4.69, 9.17) is 4.74 Å². The van der Waals surface area contributed by atoms with E-state index in [1.54, 1.807) is 0 Å². The van der Waals surface area contributed by atoms with Crippen LogP contribution in [0.1, 0.15) is 66.7 Å². The third-order valence-electron chi connectivity index (χ3n) is 3.88. The molecule has 1 rings (SSSR count). The molecule has 0 heterocycles. The number of nitrogens with one attached hydrogen (secondary N) is 2. The molecule has 1 fully saturated rings. The van der Waals surface area contributed by atoms with Crippen molar-refractivity contribution in [2.45, 2.75) is 84.4 Å². The van der Waals surface area contributed by atoms with Gasteiger partial charge in [0.1, 0.15) is 5.60 Å². The molecule has 3 atom stereocenters. The van der Waals surface area contributed by atoms with Crippen LogP contribution in [0.4, 0.5) is 4.79 Å². The average molecular weight is 284 g/mol. The van der Waals surface area contributed by atoms with E-state index in [-0.39, 0.29) is 12.1 Å². The fourth-order valence-corrected chi connectivity index (χ4v) is 2.85. The molecule has 0 radical (unpaired) electrons. The third kappa shape index (κ3) is 6.60. The van der Waals surface area contributed by atoms with Crippen LogP contribution in [0.3, 0.4) is 0 Å². The van der Waals surface area contributed by atoms with Gasteiger partial charge in [0.15, 0.2) is 0 Å². The minimum absolute atomic E-state index is 0.0873. The lowest BCUT2D eigenvalue weighted by Crippen LogP contribution is -2.47. The lowest BCUT2D eigenvalue weighted by molar-refractivity contribution is 0.0506. The van der Waals surface area contributed by atoms with E-state index in [1.807, 2.05) is 27.7 Å². The first-order valence-electron chi connectivity index (χ1n) is 8.04. The summed E-state index contributed by atoms with van der Waals surface area (Å²) in [6.07, 6.45) is 6.19. The molecule has 0 aromatic rings. The Bertz CT molecular complexity index is 299. The van der Waals surface area contributed by atoms with Crippen LogP contribution in [0, 0.1) is 5.92 Å². The van der Waals surface area contributed by atoms with Gasteiger partial charge in [0.05, 0.1) is 0 Å². The molecule has 0 spiro atoms. The lowest BCUT2D eigenvalue weighted by atomic mass is 9.83. The monoisotopic (exact) mass is 284 g/mol. The van der Waals surface area contributed by atoms with E-state index in [9.17, 15) is 4.79 Å². The maximum Gasteiger partial charge on any atom is 0.407 e. The van der Waals surface area contributed by atoms with Crippen molar-refractivity contribution in [2.24, 2.45) is 5.92 Å². The summed E-state index contributed by atoms with van der Waals surface area (Å²) in [7, 11) is 0. The molecule has 118 valence electrons. The largest absolute Gasteiger partial charge is 0.444 e. The Morgan fingerprint density at radius 1 is 1.30 bits per heavy atom. The summed E-state index contributed by atoms with van der Waals surface area (Å²) >= 11 is 0. The summed E-state index contributed by atoms with van der Waals surface area (Å²) in [5, 5.41) is 6.51. The molecule has 2 N–H and O–H groups in total. The lowest BCUT2D eigenvalue weighted by Gasteiger charge is -2.32. The van der Waals surface area contributed by atoms with E-state index >= 15 is 0 Å². The van der Waals surface area contributed by atoms with Gasteiger partial charge in [-0.2, -0.15) is 0 Å². The number of ether oxygens (including phenoxy) is 1. The van der Waals surface area contributed by atoms with Crippen LogP contribution in [-0.4, -0.2) is 30.3 Å². The first kappa shape index (κ1) is 17.3. The average Bonchev–Trinajstić information content (AvgIpc) is 2.34. The number of hydrogen-bond donors (Lipinski definition) is 2. The van der Waals surface area contributed by atoms with Crippen molar-refractivity contribution < 1.29 is 9.53 Å². The molecule has 1 aliphatic rings. The maximum atomic E-state index is 11.7. The highest BCUT2D eigenvalue weighted by molar-refractivity contribution is 5.68. The van der Waals surface area contributed by atoms with Crippen LogP contribution in [0.25, 0.3) is 0 Å². The molecular weight excluding hydrogens is 252 g/mol. The minimum atomic E-state index is -0.437. The third-order valence-corrected chi connectivity index (χ3v) is 3.88. The van der Waals surface area contributed by atoms with Gasteiger partial charge in [0.2, 0.25) is 0 Å². The summed E-state index contributed by atoms with van der Waals surface area (Å²) in [5.41, 5.74) is -0.437. The van der Waals surface area contributed by atoms with Crippen molar-refractivity contribution >= 4 is 6.09 Å². The molecule has 0 aromatic carbocycles. The highest BCUT2D eigenvalue weighted by Crippen LogP contribution is 2.26. The summed E-state index contributed by atoms with van der Waals surface area (Å²) in [5.74, 6) is 0.789. The molecule has 20 heavy (non-hydrogen) atoms. The van der Waals surface area contributed by atoms with Crippen molar-refractivity contribution in [3.05, 3.63) is 0 Å². The first-order chi connectivity index (χ1) is 9.31. The zero-order chi connectivity index (χ0) is 15.2. The van der Waals surface area contributed by atoms with E-state index < -0.39 is 5.60 Å². The second-order valence-electron chi connectivity index (χ2n) is 7.01. The minimum Gasteiger partial charge on any atom is -0.444 e. The highest BCUT2D eigenvalue weighted by atomic mass is 16.6. The van der Waals surface area contributed by atoms with Crippen LogP contribution >= 0.6 is 0 Å². The van der Waals surface area contributed by atoms with Crippen molar-refractivity contribution in [2.75, 3.05) is 6.54 Å². The van der Waals surface area contributed by atoms with Crippen molar-refractivity contribution in [1.29, 1.82) is 0 Å². The van der Waals surface area contributed by atoms with Gasteiger partial charge in [0, 0.05) is 18.6 Å². The Morgan fingerprint density at radius 2 is 1.95 bits per heavy atom. The van der Waals surface area contributed by atoms with Gasteiger partial charge in [-0.3, -0.25) is 0 Å². The van der Waals surface area contributed by atoms with E-state index in [1.165, 1.54) is 32.1 Å². The van der Waals surface area contributed by atoms with Crippen LogP contribution in [0.2, 0.25) is 0 Å². The number of hydrogen-bond acceptors (Lipinski definition) is 3. The molecule has 3 unspecified atom stereocenters. The first-order valence-corrected chi connectivity index (χ1v) is 8.04. The van der Waals surface area contributed by atoms with Gasteiger partial charge in [-0.25, -0.2) is 4.79 Å². The van der Waals surface area contributed by atoms with Crippen LogP contribution in [0.5, 0.6) is 0 Å². The van der Waals surface area contributed by atoms with E-state index in [2.05, 4.69) is 17.6 Å². The molecule has 0 saturated heterocycles. The number of alkyl carbamates (subject to hydrolysis) is 1. The Kier molecular flexibility index (Phi) is 6.80. The molecule has 4 heteroatoms. The fourth-order valence-electron chi connectivity index (χ4n) is 2.85. The number of carbonyl (C=O) groups is 1. The standard InChI is InChI=1S/C16H32N2O2/c1-6-13-9-7-8-10-14(13)17-11-12(2)18-15(19)20-16(3,4)5/h12-14,17H,6-11H2,1-5H3,(H,18,19). The Hall–Kier alpha value is -0.770. The fraction of sp³-hybridized carbons (Fsp3) is 0.938. The van der Waals surface area contributed by atoms with E-state index in [0.29, 0.717) is 6.04 Å². The molecule has 4 nitrogen and oxygen atoms in total. The summed E-state index contributed by atoms with van der Waals surface area (Å²) in [6.45, 7) is 10.7. The smallest absolute Gasteiger partial charge is 0.407 e. The van der Waals surface area contributed by atoms with Gasteiger partial charge >= 0.3 is 6.09 Å². The van der Waals surface area contributed by atoms with E-state index in [0.717, 1.165) is 12.5 Å². The van der Waals surface area contributed by atoms with Crippen molar-refractivity contribution in [3.8, 4) is 0 Å². The maximum absolute atomic E-state index is 11.7. The second-order valence-corrected chi connectivity index (χ2v) is 7.01. The molecule has 0 aromatic heterocycles. The predicted octanol–water partition coefficient (Wildman–Crippen LogP) is 3.46. The Morgan fingerprint density at radius 3 is 2.55 bits per heavy atom. The molecule has 1 saturated carbocycles. The number of carbonyl (C=O) groups excluding carboxylic acids is 1. The van der Waals surface area contributed by atoms with Gasteiger partial charge in [-0.1, -0.05) is 26.2 Å². The molecule has 0 bridgehead atoms. The summed E-state index contributed by atoms with van der Waals surface area (Å²) in [4.78, 5) is 11.7. The Labute approximate surface area is 124 Å². The quantitative estimate of drug-likeness (QED) is 0.813. The number of amides is 1. The van der Waals surface area contributed by atoms with Crippen molar-refractivity contribution in [3.63, 3.8) is 0 Å². The molecule has 1 amide bonds. The molecule has 0 aliphatic heterocycles. The van der Waals surface area contributed by atoms with Gasteiger partial charge in [-0.15, -0.1) is 0 Å². The SMILES string of the molecule is CCC1CCCCC1NCC(C)NC(=O)OC(C)(C)C. The Balaban J connectivity index is 2.28. The zero-order valence-electron chi connectivity index (χ0n) is 13.8. The van der Waals surface area contributed by atoms with Gasteiger partial charge < -0.3 is 15.4 Å². The highest BCUT2D eigenvalue weighted by Gasteiger charge is 2.24. The molecule has 1 aliphatic carbocycles. The van der Waals surface area contributed by atoms with Gasteiger partial charge in [0.25, 0.3) is 0 Å². The van der Waals surface area contributed by atoms with Crippen molar-refractivity contribution in [1.82, 2.24) is 10.6 Å². The second kappa shape index (κ2) is 7.87. The predicted molar refractivity (Wildman–Crippen MR) is 82.9 cm³/mol. The summed E-state index contributed by atoms with van der Waals surface area (Å²) < 4.78 is 5.26. The van der Waals surface area contributed by atoms with Gasteiger partial charge in [-0.05, 0) is 46.5 Å². The van der Waals surface area contributed by atoms with Crippen LogP contribution in [-0.2, 0) is 4.74 Å². The van der Waals surface area contributed by atoms with Crippen LogP contribution < -0.4 is 10.6 Å². The van der Waals surface area contributed by atoms with Crippen LogP contribution in [0.15, 0.2) is 0 Å².